The van der Waals surface area contributed by atoms with Crippen LogP contribution in [0.15, 0.2) is 24.3 Å². The number of ketones is 1. The van der Waals surface area contributed by atoms with Gasteiger partial charge in [0, 0.05) is 11.5 Å². The number of ether oxygens (including phenoxy) is 2. The molecule has 0 spiro atoms. The number of rotatable bonds is 1. The van der Waals surface area contributed by atoms with Crippen molar-refractivity contribution < 1.29 is 23.9 Å². The highest BCUT2D eigenvalue weighted by atomic mass is 16.5. The molecule has 0 saturated carbocycles. The normalized spacial score (nSPS) is 28.0. The first-order valence-electron chi connectivity index (χ1n) is 7.00. The fourth-order valence-corrected chi connectivity index (χ4v) is 3.28. The van der Waals surface area contributed by atoms with Crippen LogP contribution in [0.5, 0.6) is 0 Å². The van der Waals surface area contributed by atoms with E-state index in [0.717, 1.165) is 5.56 Å². The number of aryl methyl sites for hydroxylation is 1. The van der Waals surface area contributed by atoms with Gasteiger partial charge in [-0.25, -0.2) is 0 Å². The molecule has 0 unspecified atom stereocenters. The molecule has 110 valence electrons. The van der Waals surface area contributed by atoms with Crippen molar-refractivity contribution in [1.29, 1.82) is 0 Å². The molecule has 3 rings (SSSR count). The molecule has 5 heteroatoms. The summed E-state index contributed by atoms with van der Waals surface area (Å²) in [7, 11) is 1.23. The van der Waals surface area contributed by atoms with Crippen molar-refractivity contribution in [2.75, 3.05) is 13.7 Å². The number of benzene rings is 1. The number of hydrogen-bond donors (Lipinski definition) is 0. The minimum Gasteiger partial charge on any atom is -0.468 e. The van der Waals surface area contributed by atoms with Gasteiger partial charge in [0.15, 0.2) is 5.78 Å². The van der Waals surface area contributed by atoms with Crippen LogP contribution in [0.3, 0.4) is 0 Å². The maximum absolute atomic E-state index is 12.8. The number of cyclic esters (lactones) is 1. The SMILES string of the molecule is COC(=O)[C@@H]1C(=O)c2ccccc2CC[C@@H]2COC(=O)[C@@H]21. The Morgan fingerprint density at radius 2 is 2.05 bits per heavy atom. The number of fused-ring (bicyclic) bond motifs is 2. The molecule has 1 heterocycles. The average Bonchev–Trinajstić information content (AvgIpc) is 2.85. The lowest BCUT2D eigenvalue weighted by atomic mass is 9.74. The maximum Gasteiger partial charge on any atom is 0.317 e. The number of hydrogen-bond acceptors (Lipinski definition) is 5. The van der Waals surface area contributed by atoms with Crippen LogP contribution in [0.1, 0.15) is 22.3 Å². The third kappa shape index (κ3) is 2.22. The summed E-state index contributed by atoms with van der Waals surface area (Å²) in [6.45, 7) is 0.270. The largest absolute Gasteiger partial charge is 0.468 e. The molecule has 1 fully saturated rings. The Bertz CT molecular complexity index is 606. The first-order valence-corrected chi connectivity index (χ1v) is 7.00. The number of carbonyl (C=O) groups is 3. The fourth-order valence-electron chi connectivity index (χ4n) is 3.28. The maximum atomic E-state index is 12.8. The predicted octanol–water partition coefficient (Wildman–Crippen LogP) is 1.39. The Kier molecular flexibility index (Phi) is 3.49. The second kappa shape index (κ2) is 5.31. The van der Waals surface area contributed by atoms with Crippen molar-refractivity contribution in [1.82, 2.24) is 0 Å². The molecule has 0 amide bonds. The summed E-state index contributed by atoms with van der Waals surface area (Å²) in [5, 5.41) is 0. The van der Waals surface area contributed by atoms with Crippen molar-refractivity contribution in [3.8, 4) is 0 Å². The van der Waals surface area contributed by atoms with E-state index in [4.69, 9.17) is 9.47 Å². The van der Waals surface area contributed by atoms with E-state index in [0.29, 0.717) is 18.4 Å². The summed E-state index contributed by atoms with van der Waals surface area (Å²) in [5.74, 6) is -3.41. The summed E-state index contributed by atoms with van der Waals surface area (Å²) in [6, 6.07) is 7.22. The number of methoxy groups -OCH3 is 1. The van der Waals surface area contributed by atoms with Crippen LogP contribution in [0.25, 0.3) is 0 Å². The van der Waals surface area contributed by atoms with Gasteiger partial charge in [0.2, 0.25) is 0 Å². The van der Waals surface area contributed by atoms with Gasteiger partial charge in [-0.3, -0.25) is 14.4 Å². The zero-order valence-corrected chi connectivity index (χ0v) is 11.7. The Balaban J connectivity index is 2.10. The molecule has 1 aliphatic carbocycles. The summed E-state index contributed by atoms with van der Waals surface area (Å²) in [4.78, 5) is 36.8. The molecule has 1 aliphatic heterocycles. The molecule has 1 aromatic carbocycles. The van der Waals surface area contributed by atoms with Gasteiger partial charge in [-0.15, -0.1) is 0 Å². The number of esters is 2. The predicted molar refractivity (Wildman–Crippen MR) is 72.5 cm³/mol. The summed E-state index contributed by atoms with van der Waals surface area (Å²) in [6.07, 6.45) is 1.42. The van der Waals surface area contributed by atoms with Crippen molar-refractivity contribution in [3.63, 3.8) is 0 Å². The second-order valence-corrected chi connectivity index (χ2v) is 5.48. The van der Waals surface area contributed by atoms with Gasteiger partial charge in [-0.2, -0.15) is 0 Å². The topological polar surface area (TPSA) is 69.7 Å². The standard InChI is InChI=1S/C16H16O5/c1-20-15(18)13-12-10(8-21-16(12)19)7-6-9-4-2-3-5-11(9)14(13)17/h2-5,10,12-13H,6-8H2,1H3/t10-,12+,13+/m1/s1. The quantitative estimate of drug-likeness (QED) is 0.577. The second-order valence-electron chi connectivity index (χ2n) is 5.48. The van der Waals surface area contributed by atoms with E-state index < -0.39 is 23.8 Å². The van der Waals surface area contributed by atoms with E-state index in [2.05, 4.69) is 0 Å². The lowest BCUT2D eigenvalue weighted by Gasteiger charge is -2.26. The van der Waals surface area contributed by atoms with Gasteiger partial charge in [-0.1, -0.05) is 24.3 Å². The van der Waals surface area contributed by atoms with Gasteiger partial charge in [-0.05, 0) is 18.4 Å². The van der Waals surface area contributed by atoms with Crippen LogP contribution >= 0.6 is 0 Å². The number of carbonyl (C=O) groups excluding carboxylic acids is 3. The Morgan fingerprint density at radius 1 is 1.29 bits per heavy atom. The Hall–Kier alpha value is -2.17. The molecule has 1 saturated heterocycles. The molecular formula is C16H16O5. The Morgan fingerprint density at radius 3 is 2.81 bits per heavy atom. The van der Waals surface area contributed by atoms with Gasteiger partial charge < -0.3 is 9.47 Å². The minimum absolute atomic E-state index is 0.112. The highest BCUT2D eigenvalue weighted by Crippen LogP contribution is 2.37. The molecule has 3 atom stereocenters. The van der Waals surface area contributed by atoms with Crippen LogP contribution in [0, 0.1) is 17.8 Å². The third-order valence-electron chi connectivity index (χ3n) is 4.38. The molecule has 0 N–H and O–H groups in total. The molecule has 2 aliphatic rings. The van der Waals surface area contributed by atoms with E-state index in [9.17, 15) is 14.4 Å². The monoisotopic (exact) mass is 288 g/mol. The zero-order valence-electron chi connectivity index (χ0n) is 11.7. The van der Waals surface area contributed by atoms with Crippen molar-refractivity contribution in [3.05, 3.63) is 35.4 Å². The van der Waals surface area contributed by atoms with Crippen molar-refractivity contribution in [2.24, 2.45) is 17.8 Å². The summed E-state index contributed by atoms with van der Waals surface area (Å²) < 4.78 is 9.84. The lowest BCUT2D eigenvalue weighted by Crippen LogP contribution is -2.39. The van der Waals surface area contributed by atoms with E-state index >= 15 is 0 Å². The smallest absolute Gasteiger partial charge is 0.317 e. The fraction of sp³-hybridized carbons (Fsp3) is 0.438. The molecule has 21 heavy (non-hydrogen) atoms. The molecule has 0 radical (unpaired) electrons. The van der Waals surface area contributed by atoms with Crippen LogP contribution in [0.4, 0.5) is 0 Å². The highest BCUT2D eigenvalue weighted by molar-refractivity contribution is 6.11. The first-order chi connectivity index (χ1) is 10.1. The zero-order chi connectivity index (χ0) is 15.0. The van der Waals surface area contributed by atoms with E-state index in [1.54, 1.807) is 12.1 Å². The molecular weight excluding hydrogens is 272 g/mol. The first kappa shape index (κ1) is 13.8. The lowest BCUT2D eigenvalue weighted by molar-refractivity contribution is -0.152. The van der Waals surface area contributed by atoms with E-state index in [1.165, 1.54) is 7.11 Å². The van der Waals surface area contributed by atoms with Crippen LogP contribution < -0.4 is 0 Å². The van der Waals surface area contributed by atoms with Gasteiger partial charge >= 0.3 is 11.9 Å². The average molecular weight is 288 g/mol. The van der Waals surface area contributed by atoms with Crippen LogP contribution in [0.2, 0.25) is 0 Å². The van der Waals surface area contributed by atoms with Gasteiger partial charge in [0.1, 0.15) is 5.92 Å². The Labute approximate surface area is 122 Å². The van der Waals surface area contributed by atoms with E-state index in [-0.39, 0.29) is 18.3 Å². The summed E-state index contributed by atoms with van der Waals surface area (Å²) in [5.41, 5.74) is 1.42. The van der Waals surface area contributed by atoms with Crippen molar-refractivity contribution >= 4 is 17.7 Å². The highest BCUT2D eigenvalue weighted by Gasteiger charge is 2.50. The molecule has 5 nitrogen and oxygen atoms in total. The van der Waals surface area contributed by atoms with Crippen LogP contribution in [-0.2, 0) is 25.5 Å². The third-order valence-corrected chi connectivity index (χ3v) is 4.38. The van der Waals surface area contributed by atoms with Crippen molar-refractivity contribution in [2.45, 2.75) is 12.8 Å². The van der Waals surface area contributed by atoms with Gasteiger partial charge in [0.05, 0.1) is 19.6 Å². The number of Topliss-reactive ketones (excluding diaryl/α,β-unsaturated/α-hetero) is 1. The van der Waals surface area contributed by atoms with Gasteiger partial charge in [0.25, 0.3) is 0 Å². The molecule has 0 bridgehead atoms. The van der Waals surface area contributed by atoms with E-state index in [1.807, 2.05) is 12.1 Å². The molecule has 0 aromatic heterocycles. The van der Waals surface area contributed by atoms with Crippen LogP contribution in [-0.4, -0.2) is 31.4 Å². The summed E-state index contributed by atoms with van der Waals surface area (Å²) >= 11 is 0. The molecule has 1 aromatic rings. The minimum atomic E-state index is -1.10.